The number of benzene rings is 1. The highest BCUT2D eigenvalue weighted by molar-refractivity contribution is 5.99. The van der Waals surface area contributed by atoms with Crippen molar-refractivity contribution in [2.75, 3.05) is 0 Å². The molecule has 0 bridgehead atoms. The van der Waals surface area contributed by atoms with Crippen LogP contribution in [0.4, 0.5) is 0 Å². The lowest BCUT2D eigenvalue weighted by atomic mass is 9.93. The van der Waals surface area contributed by atoms with Crippen molar-refractivity contribution >= 4 is 11.8 Å². The van der Waals surface area contributed by atoms with Crippen LogP contribution in [0.25, 0.3) is 0 Å². The highest BCUT2D eigenvalue weighted by Gasteiger charge is 2.27. The Morgan fingerprint density at radius 2 is 1.63 bits per heavy atom. The topological polar surface area (TPSA) is 80.2 Å². The van der Waals surface area contributed by atoms with Crippen LogP contribution in [0.15, 0.2) is 47.4 Å². The number of nitrogens with one attached hydrogen (secondary N) is 2. The van der Waals surface area contributed by atoms with Gasteiger partial charge in [-0.05, 0) is 43.7 Å². The summed E-state index contributed by atoms with van der Waals surface area (Å²) in [6.45, 7) is 0.313. The van der Waals surface area contributed by atoms with Gasteiger partial charge in [-0.2, -0.15) is 0 Å². The van der Waals surface area contributed by atoms with E-state index in [9.17, 15) is 14.4 Å². The zero-order chi connectivity index (χ0) is 18.8. The third kappa shape index (κ3) is 4.10. The molecule has 1 aromatic carbocycles. The summed E-state index contributed by atoms with van der Waals surface area (Å²) in [5.41, 5.74) is 0.930. The first kappa shape index (κ1) is 17.5. The van der Waals surface area contributed by atoms with Crippen LogP contribution in [0.3, 0.4) is 0 Å². The average molecular weight is 365 g/mol. The number of rotatable bonds is 6. The van der Waals surface area contributed by atoms with E-state index in [4.69, 9.17) is 0 Å². The second kappa shape index (κ2) is 7.39. The first-order chi connectivity index (χ1) is 13.1. The molecule has 0 aliphatic heterocycles. The van der Waals surface area contributed by atoms with Crippen LogP contribution in [-0.2, 0) is 6.54 Å². The highest BCUT2D eigenvalue weighted by Crippen LogP contribution is 2.20. The van der Waals surface area contributed by atoms with Crippen LogP contribution < -0.4 is 16.2 Å². The van der Waals surface area contributed by atoms with Gasteiger partial charge in [0.2, 0.25) is 0 Å². The molecule has 140 valence electrons. The number of hydrogen-bond acceptors (Lipinski definition) is 3. The van der Waals surface area contributed by atoms with Crippen molar-refractivity contribution in [3.63, 3.8) is 0 Å². The molecule has 0 spiro atoms. The van der Waals surface area contributed by atoms with Gasteiger partial charge in [-0.15, -0.1) is 0 Å². The van der Waals surface area contributed by atoms with Crippen LogP contribution in [0.1, 0.15) is 58.4 Å². The molecule has 2 aliphatic carbocycles. The standard InChI is InChI=1S/C21H23N3O3/c25-19(22-16-7-4-8-16)15-11-18(20(26)23-17-9-10-17)21(27)24(13-15)12-14-5-2-1-3-6-14/h1-3,5-6,11,13,16-17H,4,7-10,12H2,(H,22,25)(H,23,26). The molecule has 2 amide bonds. The van der Waals surface area contributed by atoms with Crippen molar-refractivity contribution in [3.05, 3.63) is 69.6 Å². The van der Waals surface area contributed by atoms with Crippen molar-refractivity contribution in [2.45, 2.75) is 50.7 Å². The summed E-state index contributed by atoms with van der Waals surface area (Å²) in [7, 11) is 0. The maximum absolute atomic E-state index is 12.9. The summed E-state index contributed by atoms with van der Waals surface area (Å²) >= 11 is 0. The maximum atomic E-state index is 12.9. The fourth-order valence-electron chi connectivity index (χ4n) is 3.13. The summed E-state index contributed by atoms with van der Waals surface area (Å²) < 4.78 is 1.45. The maximum Gasteiger partial charge on any atom is 0.263 e. The Morgan fingerprint density at radius 3 is 2.26 bits per heavy atom. The van der Waals surface area contributed by atoms with E-state index in [1.165, 1.54) is 10.6 Å². The van der Waals surface area contributed by atoms with E-state index in [1.807, 2.05) is 30.3 Å². The first-order valence-corrected chi connectivity index (χ1v) is 9.50. The van der Waals surface area contributed by atoms with Gasteiger partial charge in [-0.25, -0.2) is 0 Å². The van der Waals surface area contributed by atoms with Crippen LogP contribution in [0.2, 0.25) is 0 Å². The molecule has 2 aromatic rings. The zero-order valence-corrected chi connectivity index (χ0v) is 15.1. The van der Waals surface area contributed by atoms with Gasteiger partial charge in [0.05, 0.1) is 12.1 Å². The summed E-state index contributed by atoms with van der Waals surface area (Å²) in [4.78, 5) is 38.0. The third-order valence-corrected chi connectivity index (χ3v) is 5.14. The van der Waals surface area contributed by atoms with Gasteiger partial charge in [-0.3, -0.25) is 14.4 Å². The van der Waals surface area contributed by atoms with Crippen LogP contribution >= 0.6 is 0 Å². The summed E-state index contributed by atoms with van der Waals surface area (Å²) in [6, 6.07) is 11.3. The van der Waals surface area contributed by atoms with E-state index in [0.29, 0.717) is 12.1 Å². The summed E-state index contributed by atoms with van der Waals surface area (Å²) in [5.74, 6) is -0.635. The molecule has 0 saturated heterocycles. The van der Waals surface area contributed by atoms with Gasteiger partial charge in [0, 0.05) is 18.3 Å². The van der Waals surface area contributed by atoms with Crippen LogP contribution in [0.5, 0.6) is 0 Å². The normalized spacial score (nSPS) is 16.4. The smallest absolute Gasteiger partial charge is 0.263 e. The van der Waals surface area contributed by atoms with Gasteiger partial charge >= 0.3 is 0 Å². The number of nitrogens with zero attached hydrogens (tertiary/aromatic N) is 1. The Morgan fingerprint density at radius 1 is 0.963 bits per heavy atom. The lowest BCUT2D eigenvalue weighted by Crippen LogP contribution is -2.41. The van der Waals surface area contributed by atoms with E-state index in [0.717, 1.165) is 37.7 Å². The van der Waals surface area contributed by atoms with Gasteiger partial charge in [-0.1, -0.05) is 30.3 Å². The molecule has 4 rings (SSSR count). The first-order valence-electron chi connectivity index (χ1n) is 9.50. The minimum Gasteiger partial charge on any atom is -0.349 e. The second-order valence-corrected chi connectivity index (χ2v) is 7.41. The third-order valence-electron chi connectivity index (χ3n) is 5.14. The van der Waals surface area contributed by atoms with Crippen molar-refractivity contribution < 1.29 is 9.59 Å². The molecule has 6 nitrogen and oxygen atoms in total. The molecular weight excluding hydrogens is 342 g/mol. The summed E-state index contributed by atoms with van der Waals surface area (Å²) in [5, 5.41) is 5.82. The van der Waals surface area contributed by atoms with Crippen molar-refractivity contribution in [1.29, 1.82) is 0 Å². The number of amides is 2. The lowest BCUT2D eigenvalue weighted by molar-refractivity contribution is 0.0916. The fourth-order valence-corrected chi connectivity index (χ4v) is 3.13. The zero-order valence-electron chi connectivity index (χ0n) is 15.1. The molecule has 2 fully saturated rings. The minimum absolute atomic E-state index is 0.0269. The molecule has 1 aromatic heterocycles. The number of carbonyl (C=O) groups excluding carboxylic acids is 2. The molecule has 2 N–H and O–H groups in total. The Hall–Kier alpha value is -2.89. The van der Waals surface area contributed by atoms with Crippen LogP contribution in [0, 0.1) is 0 Å². The fraction of sp³-hybridized carbons (Fsp3) is 0.381. The highest BCUT2D eigenvalue weighted by atomic mass is 16.2. The quantitative estimate of drug-likeness (QED) is 0.822. The molecule has 0 atom stereocenters. The van der Waals surface area contributed by atoms with Crippen molar-refractivity contribution in [1.82, 2.24) is 15.2 Å². The monoisotopic (exact) mass is 365 g/mol. The molecule has 0 radical (unpaired) electrons. The van der Waals surface area contributed by atoms with E-state index < -0.39 is 5.91 Å². The molecule has 1 heterocycles. The molecule has 27 heavy (non-hydrogen) atoms. The molecule has 2 aliphatic rings. The Balaban J connectivity index is 1.66. The van der Waals surface area contributed by atoms with Gasteiger partial charge in [0.25, 0.3) is 17.4 Å². The molecular formula is C21H23N3O3. The number of hydrogen-bond donors (Lipinski definition) is 2. The SMILES string of the molecule is O=C(NC1CCC1)c1cc(C(=O)NC2CC2)c(=O)n(Cc2ccccc2)c1. The van der Waals surface area contributed by atoms with E-state index in [-0.39, 0.29) is 29.1 Å². The van der Waals surface area contributed by atoms with E-state index in [2.05, 4.69) is 10.6 Å². The molecule has 6 heteroatoms. The average Bonchev–Trinajstić information content (AvgIpc) is 3.44. The van der Waals surface area contributed by atoms with Crippen LogP contribution in [-0.4, -0.2) is 28.5 Å². The number of carbonyl (C=O) groups is 2. The van der Waals surface area contributed by atoms with Gasteiger partial charge in [0.15, 0.2) is 0 Å². The van der Waals surface area contributed by atoms with E-state index in [1.54, 1.807) is 6.20 Å². The van der Waals surface area contributed by atoms with Gasteiger partial charge < -0.3 is 15.2 Å². The number of pyridine rings is 1. The predicted molar refractivity (Wildman–Crippen MR) is 102 cm³/mol. The lowest BCUT2D eigenvalue weighted by Gasteiger charge is -2.26. The second-order valence-electron chi connectivity index (χ2n) is 7.41. The Kier molecular flexibility index (Phi) is 4.79. The van der Waals surface area contributed by atoms with Gasteiger partial charge in [0.1, 0.15) is 5.56 Å². The Bertz CT molecular complexity index is 912. The predicted octanol–water partition coefficient (Wildman–Crippen LogP) is 2.07. The summed E-state index contributed by atoms with van der Waals surface area (Å²) in [6.07, 6.45) is 6.50. The van der Waals surface area contributed by atoms with Crippen molar-refractivity contribution in [2.24, 2.45) is 0 Å². The Labute approximate surface area is 157 Å². The number of aromatic nitrogens is 1. The molecule has 0 unspecified atom stereocenters. The largest absolute Gasteiger partial charge is 0.349 e. The van der Waals surface area contributed by atoms with E-state index >= 15 is 0 Å². The van der Waals surface area contributed by atoms with Crippen molar-refractivity contribution in [3.8, 4) is 0 Å². The minimum atomic E-state index is -0.400. The molecule has 2 saturated carbocycles.